The predicted molar refractivity (Wildman–Crippen MR) is 121 cm³/mol. The Morgan fingerprint density at radius 2 is 1.25 bits per heavy atom. The third kappa shape index (κ3) is 2.03. The van der Waals surface area contributed by atoms with E-state index in [1.807, 2.05) is 6.20 Å². The first-order chi connectivity index (χ1) is 13.8. The first-order valence-electron chi connectivity index (χ1n) is 9.49. The highest BCUT2D eigenvalue weighted by Gasteiger charge is 2.11. The van der Waals surface area contributed by atoms with Crippen LogP contribution in [-0.2, 0) is 0 Å². The van der Waals surface area contributed by atoms with Crippen molar-refractivity contribution in [2.45, 2.75) is 0 Å². The highest BCUT2D eigenvalue weighted by Crippen LogP contribution is 2.34. The molecule has 2 heteroatoms. The molecule has 4 aromatic carbocycles. The molecule has 1 N–H and O–H groups in total. The Balaban J connectivity index is 1.63. The number of hydrogen-bond donors (Lipinski definition) is 1. The number of H-pyrrole nitrogens is 1. The number of hydrogen-bond acceptors (Lipinski definition) is 0. The number of aromatic nitrogens is 2. The van der Waals surface area contributed by atoms with Crippen molar-refractivity contribution < 1.29 is 0 Å². The summed E-state index contributed by atoms with van der Waals surface area (Å²) in [5.41, 5.74) is 7.19. The minimum absolute atomic E-state index is 1.18. The van der Waals surface area contributed by atoms with Gasteiger partial charge in [-0.15, -0.1) is 0 Å². The Bertz CT molecular complexity index is 1530. The van der Waals surface area contributed by atoms with Crippen molar-refractivity contribution >= 4 is 49.8 Å². The molecule has 2 heterocycles. The molecule has 0 bridgehead atoms. The van der Waals surface area contributed by atoms with Gasteiger partial charge < -0.3 is 9.55 Å². The zero-order chi connectivity index (χ0) is 18.7. The molecule has 0 aliphatic rings. The molecule has 132 valence electrons. The third-order valence-electron chi connectivity index (χ3n) is 5.73. The molecule has 0 saturated heterocycles. The Kier molecular flexibility index (Phi) is 3.06. The minimum atomic E-state index is 1.18. The van der Waals surface area contributed by atoms with Crippen LogP contribution in [0.5, 0.6) is 0 Å². The molecule has 6 rings (SSSR count). The average Bonchev–Trinajstić information content (AvgIpc) is 3.28. The Morgan fingerprint density at radius 3 is 2.11 bits per heavy atom. The summed E-state index contributed by atoms with van der Waals surface area (Å²) in [7, 11) is 0. The summed E-state index contributed by atoms with van der Waals surface area (Å²) in [6, 6.07) is 30.4. The third-order valence-corrected chi connectivity index (χ3v) is 5.73. The lowest BCUT2D eigenvalue weighted by Crippen LogP contribution is -1.84. The van der Waals surface area contributed by atoms with E-state index < -0.39 is 0 Å². The molecule has 2 nitrogen and oxygen atoms in total. The highest BCUT2D eigenvalue weighted by molar-refractivity contribution is 6.11. The standard InChI is InChI=1S/C26H18N2/c1-2-28-25-10-6-4-8-20(25)22-16-18(12-14-26(22)28)17-11-13-24-21(15-17)19-7-3-5-9-23(19)27-24/h2-16,27H,1H2. The van der Waals surface area contributed by atoms with Gasteiger partial charge in [-0.05, 0) is 47.5 Å². The fourth-order valence-electron chi connectivity index (χ4n) is 4.41. The summed E-state index contributed by atoms with van der Waals surface area (Å²) in [6.07, 6.45) is 1.89. The van der Waals surface area contributed by atoms with Gasteiger partial charge in [0.1, 0.15) is 0 Å². The van der Waals surface area contributed by atoms with Gasteiger partial charge in [-0.3, -0.25) is 0 Å². The van der Waals surface area contributed by atoms with E-state index in [1.54, 1.807) is 0 Å². The summed E-state index contributed by atoms with van der Waals surface area (Å²) < 4.78 is 2.16. The maximum absolute atomic E-state index is 4.00. The van der Waals surface area contributed by atoms with Crippen molar-refractivity contribution in [1.29, 1.82) is 0 Å². The van der Waals surface area contributed by atoms with Gasteiger partial charge in [-0.1, -0.05) is 55.1 Å². The number of para-hydroxylation sites is 2. The molecule has 0 spiro atoms. The summed E-state index contributed by atoms with van der Waals surface area (Å²) in [5, 5.41) is 5.05. The van der Waals surface area contributed by atoms with Gasteiger partial charge in [-0.2, -0.15) is 0 Å². The van der Waals surface area contributed by atoms with Gasteiger partial charge in [0.2, 0.25) is 0 Å². The molecule has 0 atom stereocenters. The predicted octanol–water partition coefficient (Wildman–Crippen LogP) is 7.20. The molecule has 0 saturated carbocycles. The first-order valence-corrected chi connectivity index (χ1v) is 9.49. The van der Waals surface area contributed by atoms with E-state index in [4.69, 9.17) is 0 Å². The number of aromatic amines is 1. The molecule has 0 aliphatic carbocycles. The highest BCUT2D eigenvalue weighted by atomic mass is 14.9. The van der Waals surface area contributed by atoms with Crippen LogP contribution in [0.25, 0.3) is 60.9 Å². The van der Waals surface area contributed by atoms with Crippen LogP contribution in [0.15, 0.2) is 91.5 Å². The van der Waals surface area contributed by atoms with Gasteiger partial charge in [0, 0.05) is 38.8 Å². The molecule has 0 aliphatic heterocycles. The fraction of sp³-hybridized carbons (Fsp3) is 0. The van der Waals surface area contributed by atoms with Crippen LogP contribution in [-0.4, -0.2) is 9.55 Å². The second-order valence-corrected chi connectivity index (χ2v) is 7.23. The Morgan fingerprint density at radius 1 is 0.607 bits per heavy atom. The van der Waals surface area contributed by atoms with E-state index in [0.29, 0.717) is 0 Å². The van der Waals surface area contributed by atoms with E-state index in [0.717, 1.165) is 0 Å². The second kappa shape index (κ2) is 5.61. The van der Waals surface area contributed by atoms with Crippen LogP contribution in [0.3, 0.4) is 0 Å². The number of benzene rings is 4. The van der Waals surface area contributed by atoms with Gasteiger partial charge in [0.05, 0.1) is 11.0 Å². The monoisotopic (exact) mass is 358 g/mol. The van der Waals surface area contributed by atoms with Crippen LogP contribution in [0.4, 0.5) is 0 Å². The largest absolute Gasteiger partial charge is 0.355 e. The van der Waals surface area contributed by atoms with E-state index in [1.165, 1.54) is 54.7 Å². The lowest BCUT2D eigenvalue weighted by atomic mass is 10.0. The normalized spacial score (nSPS) is 11.7. The van der Waals surface area contributed by atoms with Crippen molar-refractivity contribution in [3.05, 3.63) is 91.5 Å². The lowest BCUT2D eigenvalue weighted by molar-refractivity contribution is 1.30. The summed E-state index contributed by atoms with van der Waals surface area (Å²) in [4.78, 5) is 3.51. The first kappa shape index (κ1) is 15.3. The topological polar surface area (TPSA) is 20.7 Å². The quantitative estimate of drug-likeness (QED) is 0.338. The van der Waals surface area contributed by atoms with E-state index in [-0.39, 0.29) is 0 Å². The number of fused-ring (bicyclic) bond motifs is 6. The fourth-order valence-corrected chi connectivity index (χ4v) is 4.41. The molecular formula is C26H18N2. The number of rotatable bonds is 2. The molecule has 0 fully saturated rings. The van der Waals surface area contributed by atoms with E-state index in [2.05, 4.69) is 101 Å². The molecule has 6 aromatic rings. The van der Waals surface area contributed by atoms with Gasteiger partial charge in [-0.25, -0.2) is 0 Å². The van der Waals surface area contributed by atoms with Crippen molar-refractivity contribution in [3.8, 4) is 11.1 Å². The molecule has 0 unspecified atom stereocenters. The van der Waals surface area contributed by atoms with Crippen LogP contribution in [0, 0.1) is 0 Å². The number of nitrogens with one attached hydrogen (secondary N) is 1. The van der Waals surface area contributed by atoms with Crippen molar-refractivity contribution in [2.24, 2.45) is 0 Å². The van der Waals surface area contributed by atoms with E-state index >= 15 is 0 Å². The molecule has 28 heavy (non-hydrogen) atoms. The van der Waals surface area contributed by atoms with Crippen LogP contribution in [0.2, 0.25) is 0 Å². The Labute approximate surface area is 162 Å². The van der Waals surface area contributed by atoms with Crippen LogP contribution >= 0.6 is 0 Å². The maximum atomic E-state index is 4.00. The molecule has 0 amide bonds. The Hall–Kier alpha value is -3.78. The zero-order valence-electron chi connectivity index (χ0n) is 15.3. The van der Waals surface area contributed by atoms with E-state index in [9.17, 15) is 0 Å². The zero-order valence-corrected chi connectivity index (χ0v) is 15.3. The lowest BCUT2D eigenvalue weighted by Gasteiger charge is -2.04. The van der Waals surface area contributed by atoms with Gasteiger partial charge in [0.25, 0.3) is 0 Å². The van der Waals surface area contributed by atoms with Crippen LogP contribution in [0.1, 0.15) is 0 Å². The number of nitrogens with zero attached hydrogens (tertiary/aromatic N) is 1. The average molecular weight is 358 g/mol. The van der Waals surface area contributed by atoms with Crippen molar-refractivity contribution in [2.75, 3.05) is 0 Å². The van der Waals surface area contributed by atoms with Crippen LogP contribution < -0.4 is 0 Å². The molecule has 2 aromatic heterocycles. The summed E-state index contributed by atoms with van der Waals surface area (Å²) >= 11 is 0. The SMILES string of the molecule is C=Cn1c2ccccc2c2cc(-c3ccc4[nH]c5ccccc5c4c3)ccc21. The van der Waals surface area contributed by atoms with Gasteiger partial charge >= 0.3 is 0 Å². The molecule has 0 radical (unpaired) electrons. The van der Waals surface area contributed by atoms with Gasteiger partial charge in [0.15, 0.2) is 0 Å². The second-order valence-electron chi connectivity index (χ2n) is 7.23. The smallest absolute Gasteiger partial charge is 0.0535 e. The molecular weight excluding hydrogens is 340 g/mol. The van der Waals surface area contributed by atoms with Crippen molar-refractivity contribution in [3.63, 3.8) is 0 Å². The summed E-state index contributed by atoms with van der Waals surface area (Å²) in [6.45, 7) is 4.00. The van der Waals surface area contributed by atoms with Crippen molar-refractivity contribution in [1.82, 2.24) is 9.55 Å². The summed E-state index contributed by atoms with van der Waals surface area (Å²) in [5.74, 6) is 0. The minimum Gasteiger partial charge on any atom is -0.355 e. The maximum Gasteiger partial charge on any atom is 0.0535 e.